The molecule has 0 amide bonds. The summed E-state index contributed by atoms with van der Waals surface area (Å²) in [6.45, 7) is 6.09. The SMILES string of the molecule is CCOC(=O)COc1ccc(/C(CC)=C(\CC)c2ccc(OP(=O)([O-])Oc3ccccc3)cc2)cc1.[Na+]. The van der Waals surface area contributed by atoms with Crippen LogP contribution in [0.1, 0.15) is 44.7 Å². The van der Waals surface area contributed by atoms with E-state index in [0.29, 0.717) is 12.4 Å². The van der Waals surface area contributed by atoms with Gasteiger partial charge in [-0.15, -0.1) is 0 Å². The first-order valence-corrected chi connectivity index (χ1v) is 13.3. The molecular weight excluding hydrogens is 502 g/mol. The van der Waals surface area contributed by atoms with Gasteiger partial charge in [-0.05, 0) is 78.4 Å². The molecule has 0 fully saturated rings. The zero-order valence-electron chi connectivity index (χ0n) is 21.6. The van der Waals surface area contributed by atoms with Gasteiger partial charge >= 0.3 is 43.3 Å². The molecule has 3 aromatic rings. The Kier molecular flexibility index (Phi) is 12.4. The summed E-state index contributed by atoms with van der Waals surface area (Å²) in [7, 11) is -4.58. The largest absolute Gasteiger partial charge is 1.00 e. The van der Waals surface area contributed by atoms with Gasteiger partial charge in [0.1, 0.15) is 17.2 Å². The summed E-state index contributed by atoms with van der Waals surface area (Å²) in [5.41, 5.74) is 4.30. The maximum absolute atomic E-state index is 12.3. The van der Waals surface area contributed by atoms with Gasteiger partial charge in [0.05, 0.1) is 6.61 Å². The molecule has 0 radical (unpaired) electrons. The van der Waals surface area contributed by atoms with Crippen LogP contribution in [-0.2, 0) is 14.1 Å². The number of hydrogen-bond acceptors (Lipinski definition) is 7. The Morgan fingerprint density at radius 1 is 0.730 bits per heavy atom. The van der Waals surface area contributed by atoms with Gasteiger partial charge < -0.3 is 23.4 Å². The van der Waals surface area contributed by atoms with Gasteiger partial charge in [0.2, 0.25) is 0 Å². The molecule has 1 atom stereocenters. The minimum absolute atomic E-state index is 0. The third kappa shape index (κ3) is 9.37. The Morgan fingerprint density at radius 3 is 1.65 bits per heavy atom. The van der Waals surface area contributed by atoms with E-state index in [4.69, 9.17) is 18.5 Å². The van der Waals surface area contributed by atoms with E-state index in [1.54, 1.807) is 49.4 Å². The molecule has 0 aliphatic carbocycles. The number of carbonyl (C=O) groups is 1. The Labute approximate surface area is 240 Å². The Morgan fingerprint density at radius 2 is 1.19 bits per heavy atom. The quantitative estimate of drug-likeness (QED) is 0.153. The number of ether oxygens (including phenoxy) is 2. The predicted molar refractivity (Wildman–Crippen MR) is 138 cm³/mol. The van der Waals surface area contributed by atoms with Gasteiger partial charge in [-0.2, -0.15) is 0 Å². The third-order valence-electron chi connectivity index (χ3n) is 5.32. The summed E-state index contributed by atoms with van der Waals surface area (Å²) < 4.78 is 32.8. The van der Waals surface area contributed by atoms with Gasteiger partial charge in [-0.3, -0.25) is 0 Å². The first-order chi connectivity index (χ1) is 17.3. The molecule has 0 saturated heterocycles. The molecule has 0 saturated carbocycles. The van der Waals surface area contributed by atoms with Crippen LogP contribution in [0.15, 0.2) is 78.9 Å². The normalized spacial score (nSPS) is 12.9. The monoisotopic (exact) mass is 532 g/mol. The second-order valence-electron chi connectivity index (χ2n) is 7.75. The van der Waals surface area contributed by atoms with Crippen LogP contribution in [0.25, 0.3) is 11.1 Å². The zero-order chi connectivity index (χ0) is 26.0. The van der Waals surface area contributed by atoms with Crippen LogP contribution in [0, 0.1) is 0 Å². The van der Waals surface area contributed by atoms with Crippen LogP contribution < -0.4 is 48.2 Å². The molecule has 9 heteroatoms. The molecule has 37 heavy (non-hydrogen) atoms. The van der Waals surface area contributed by atoms with Crippen molar-refractivity contribution in [3.05, 3.63) is 90.0 Å². The second-order valence-corrected chi connectivity index (χ2v) is 9.01. The number of phosphoric acid groups is 1. The molecule has 0 aromatic heterocycles. The maximum Gasteiger partial charge on any atom is 1.00 e. The van der Waals surface area contributed by atoms with Gasteiger partial charge in [-0.1, -0.05) is 56.3 Å². The molecule has 7 nitrogen and oxygen atoms in total. The third-order valence-corrected chi connectivity index (χ3v) is 6.19. The average molecular weight is 533 g/mol. The molecule has 0 spiro atoms. The predicted octanol–water partition coefficient (Wildman–Crippen LogP) is 3.29. The summed E-state index contributed by atoms with van der Waals surface area (Å²) >= 11 is 0. The molecular formula is C28H30NaO7P. The number of phosphoric ester groups is 1. The molecule has 3 aromatic carbocycles. The summed E-state index contributed by atoms with van der Waals surface area (Å²) in [6.07, 6.45) is 1.58. The van der Waals surface area contributed by atoms with E-state index in [1.807, 2.05) is 36.4 Å². The molecule has 0 N–H and O–H groups in total. The summed E-state index contributed by atoms with van der Waals surface area (Å²) in [5, 5.41) is 0. The molecule has 0 bridgehead atoms. The van der Waals surface area contributed by atoms with Crippen molar-refractivity contribution in [2.75, 3.05) is 13.2 Å². The van der Waals surface area contributed by atoms with Crippen molar-refractivity contribution in [3.63, 3.8) is 0 Å². The summed E-state index contributed by atoms with van der Waals surface area (Å²) in [5.74, 6) is 0.538. The zero-order valence-corrected chi connectivity index (χ0v) is 24.5. The first kappa shape index (κ1) is 30.7. The van der Waals surface area contributed by atoms with Crippen molar-refractivity contribution < 1.29 is 62.3 Å². The molecule has 0 aliphatic heterocycles. The van der Waals surface area contributed by atoms with Crippen LogP contribution in [0.5, 0.6) is 17.2 Å². The number of benzene rings is 3. The van der Waals surface area contributed by atoms with Crippen LogP contribution >= 0.6 is 7.82 Å². The van der Waals surface area contributed by atoms with Crippen LogP contribution in [-0.4, -0.2) is 19.2 Å². The Balaban J connectivity index is 0.00000481. The fourth-order valence-electron chi connectivity index (χ4n) is 3.76. The Bertz CT molecular complexity index is 1210. The Hall–Kier alpha value is -2.54. The topological polar surface area (TPSA) is 94.1 Å². The van der Waals surface area contributed by atoms with Gasteiger partial charge in [-0.25, -0.2) is 9.36 Å². The van der Waals surface area contributed by atoms with E-state index < -0.39 is 13.8 Å². The number of para-hydroxylation sites is 1. The van der Waals surface area contributed by atoms with E-state index in [-0.39, 0.29) is 47.7 Å². The summed E-state index contributed by atoms with van der Waals surface area (Å²) in [4.78, 5) is 23.8. The molecule has 1 unspecified atom stereocenters. The molecule has 3 rings (SSSR count). The van der Waals surface area contributed by atoms with Crippen molar-refractivity contribution in [2.45, 2.75) is 33.6 Å². The minimum Gasteiger partial charge on any atom is -0.736 e. The van der Waals surface area contributed by atoms with Gasteiger partial charge in [0, 0.05) is 0 Å². The minimum atomic E-state index is -4.58. The smallest absolute Gasteiger partial charge is 0.736 e. The van der Waals surface area contributed by atoms with Crippen molar-refractivity contribution in [3.8, 4) is 17.2 Å². The van der Waals surface area contributed by atoms with Crippen LogP contribution in [0.3, 0.4) is 0 Å². The van der Waals surface area contributed by atoms with Crippen molar-refractivity contribution in [1.29, 1.82) is 0 Å². The fraction of sp³-hybridized carbons (Fsp3) is 0.250. The van der Waals surface area contributed by atoms with Crippen molar-refractivity contribution >= 4 is 24.9 Å². The number of allylic oxidation sites excluding steroid dienone is 2. The number of carbonyl (C=O) groups excluding carboxylic acids is 1. The van der Waals surface area contributed by atoms with E-state index in [9.17, 15) is 14.3 Å². The number of hydrogen-bond donors (Lipinski definition) is 0. The van der Waals surface area contributed by atoms with Crippen LogP contribution in [0.4, 0.5) is 0 Å². The average Bonchev–Trinajstić information content (AvgIpc) is 2.87. The van der Waals surface area contributed by atoms with Gasteiger partial charge in [0.25, 0.3) is 0 Å². The van der Waals surface area contributed by atoms with Crippen LogP contribution in [0.2, 0.25) is 0 Å². The van der Waals surface area contributed by atoms with Gasteiger partial charge in [0.15, 0.2) is 6.61 Å². The molecule has 0 heterocycles. The van der Waals surface area contributed by atoms with E-state index in [1.165, 1.54) is 0 Å². The molecule has 190 valence electrons. The summed E-state index contributed by atoms with van der Waals surface area (Å²) in [6, 6.07) is 22.7. The van der Waals surface area contributed by atoms with E-state index >= 15 is 0 Å². The van der Waals surface area contributed by atoms with E-state index in [0.717, 1.165) is 35.1 Å². The van der Waals surface area contributed by atoms with Crippen molar-refractivity contribution in [2.24, 2.45) is 0 Å². The van der Waals surface area contributed by atoms with Crippen molar-refractivity contribution in [1.82, 2.24) is 0 Å². The number of esters is 1. The molecule has 0 aliphatic rings. The first-order valence-electron chi connectivity index (χ1n) is 11.8. The fourth-order valence-corrected chi connectivity index (χ4v) is 4.55. The standard InChI is InChI=1S/C28H31O7P.Na/c1-4-26(21-12-16-23(17-13-21)33-20-28(29)32-6-3)27(5-2)22-14-18-25(19-15-22)35-36(30,31)34-24-10-8-7-9-11-24;/h7-19H,4-6,20H2,1-3H3,(H,30,31);/q;+1/p-1/b27-26+;. The second kappa shape index (κ2) is 15.0. The number of rotatable bonds is 12. The van der Waals surface area contributed by atoms with E-state index in [2.05, 4.69) is 13.8 Å². The maximum atomic E-state index is 12.3.